The number of rotatable bonds is 4. The van der Waals surface area contributed by atoms with Gasteiger partial charge in [-0.05, 0) is 19.1 Å². The number of carbonyl (C=O) groups is 1. The summed E-state index contributed by atoms with van der Waals surface area (Å²) in [7, 11) is 0. The van der Waals surface area contributed by atoms with Crippen molar-refractivity contribution >= 4 is 17.7 Å². The quantitative estimate of drug-likeness (QED) is 0.357. The van der Waals surface area contributed by atoms with Gasteiger partial charge in [0.25, 0.3) is 5.69 Å². The van der Waals surface area contributed by atoms with E-state index >= 15 is 0 Å². The minimum absolute atomic E-state index is 0.0253. The molecule has 1 aliphatic heterocycles. The second kappa shape index (κ2) is 5.38. The average Bonchev–Trinajstić information content (AvgIpc) is 2.82. The first kappa shape index (κ1) is 12.9. The molecule has 1 aliphatic rings. The van der Waals surface area contributed by atoms with Crippen LogP contribution in [0.4, 0.5) is 5.69 Å². The normalized spacial score (nSPS) is 12.7. The number of fused-ring (bicyclic) bond motifs is 1. The Morgan fingerprint density at radius 1 is 1.47 bits per heavy atom. The van der Waals surface area contributed by atoms with Gasteiger partial charge in [0, 0.05) is 6.08 Å². The maximum Gasteiger partial charge on any atom is 0.330 e. The number of nitro benzene ring substituents is 1. The Bertz CT molecular complexity index is 551. The van der Waals surface area contributed by atoms with Crippen LogP contribution in [0.15, 0.2) is 18.2 Å². The highest BCUT2D eigenvalue weighted by Crippen LogP contribution is 2.38. The van der Waals surface area contributed by atoms with Crippen molar-refractivity contribution in [3.05, 3.63) is 33.9 Å². The number of ether oxygens (including phenoxy) is 3. The second-order valence-corrected chi connectivity index (χ2v) is 3.61. The predicted octanol–water partition coefficient (Wildman–Crippen LogP) is 1.90. The molecule has 7 nitrogen and oxygen atoms in total. The van der Waals surface area contributed by atoms with Gasteiger partial charge in [0.15, 0.2) is 11.5 Å². The van der Waals surface area contributed by atoms with Gasteiger partial charge in [-0.1, -0.05) is 0 Å². The molecule has 0 saturated heterocycles. The molecular formula is C12H11NO6. The molecule has 2 rings (SSSR count). The minimum Gasteiger partial charge on any atom is -0.463 e. The summed E-state index contributed by atoms with van der Waals surface area (Å²) in [6, 6.07) is 2.73. The van der Waals surface area contributed by atoms with Gasteiger partial charge in [-0.3, -0.25) is 10.1 Å². The van der Waals surface area contributed by atoms with E-state index in [1.54, 1.807) is 6.92 Å². The number of nitro groups is 1. The first-order chi connectivity index (χ1) is 9.11. The Kier molecular flexibility index (Phi) is 3.65. The Morgan fingerprint density at radius 2 is 2.16 bits per heavy atom. The van der Waals surface area contributed by atoms with Crippen LogP contribution in [0.1, 0.15) is 12.5 Å². The Morgan fingerprint density at radius 3 is 2.79 bits per heavy atom. The van der Waals surface area contributed by atoms with Crippen LogP contribution in [0.3, 0.4) is 0 Å². The number of nitrogens with zero attached hydrogens (tertiary/aromatic N) is 1. The summed E-state index contributed by atoms with van der Waals surface area (Å²) in [6.07, 6.45) is 2.45. The molecule has 1 heterocycles. The molecule has 0 atom stereocenters. The molecule has 0 aromatic heterocycles. The molecule has 0 N–H and O–H groups in total. The monoisotopic (exact) mass is 265 g/mol. The first-order valence-electron chi connectivity index (χ1n) is 5.54. The van der Waals surface area contributed by atoms with Crippen molar-refractivity contribution in [3.63, 3.8) is 0 Å². The molecule has 19 heavy (non-hydrogen) atoms. The summed E-state index contributed by atoms with van der Waals surface area (Å²) in [4.78, 5) is 21.6. The van der Waals surface area contributed by atoms with Crippen LogP contribution in [0.25, 0.3) is 6.08 Å². The highest BCUT2D eigenvalue weighted by atomic mass is 16.7. The van der Waals surface area contributed by atoms with Crippen LogP contribution in [-0.2, 0) is 9.53 Å². The van der Waals surface area contributed by atoms with Crippen molar-refractivity contribution in [3.8, 4) is 11.5 Å². The maximum absolute atomic E-state index is 11.2. The summed E-state index contributed by atoms with van der Waals surface area (Å²) < 4.78 is 14.9. The van der Waals surface area contributed by atoms with E-state index in [9.17, 15) is 14.9 Å². The van der Waals surface area contributed by atoms with Crippen LogP contribution in [0.5, 0.6) is 11.5 Å². The molecule has 7 heteroatoms. The summed E-state index contributed by atoms with van der Waals surface area (Å²) in [5, 5.41) is 11.0. The van der Waals surface area contributed by atoms with Gasteiger partial charge in [-0.2, -0.15) is 0 Å². The third kappa shape index (κ3) is 2.82. The standard InChI is InChI=1S/C12H11NO6/c1-2-17-12(14)4-3-8-5-10-11(19-7-18-10)6-9(8)13(15)16/h3-6H,2,7H2,1H3. The molecular weight excluding hydrogens is 254 g/mol. The number of hydrogen-bond acceptors (Lipinski definition) is 6. The minimum atomic E-state index is -0.561. The van der Waals surface area contributed by atoms with E-state index in [0.717, 1.165) is 6.08 Å². The highest BCUT2D eigenvalue weighted by Gasteiger charge is 2.22. The molecule has 0 aliphatic carbocycles. The van der Waals surface area contributed by atoms with Crippen LogP contribution >= 0.6 is 0 Å². The molecule has 1 aromatic carbocycles. The Balaban J connectivity index is 2.33. The number of esters is 1. The zero-order valence-corrected chi connectivity index (χ0v) is 10.1. The zero-order valence-electron chi connectivity index (χ0n) is 10.1. The van der Waals surface area contributed by atoms with Crippen LogP contribution in [0.2, 0.25) is 0 Å². The third-order valence-electron chi connectivity index (χ3n) is 2.40. The van der Waals surface area contributed by atoms with Crippen molar-refractivity contribution in [2.75, 3.05) is 13.4 Å². The van der Waals surface area contributed by atoms with Crippen molar-refractivity contribution in [2.45, 2.75) is 6.92 Å². The number of hydrogen-bond donors (Lipinski definition) is 0. The fraction of sp³-hybridized carbons (Fsp3) is 0.250. The largest absolute Gasteiger partial charge is 0.463 e. The Labute approximate surface area is 108 Å². The van der Waals surface area contributed by atoms with E-state index in [-0.39, 0.29) is 24.7 Å². The Hall–Kier alpha value is -2.57. The predicted molar refractivity (Wildman–Crippen MR) is 64.9 cm³/mol. The molecule has 0 radical (unpaired) electrons. The molecule has 0 spiro atoms. The molecule has 0 unspecified atom stereocenters. The molecule has 0 fully saturated rings. The smallest absolute Gasteiger partial charge is 0.330 e. The van der Waals surface area contributed by atoms with Crippen LogP contribution in [-0.4, -0.2) is 24.3 Å². The van der Waals surface area contributed by atoms with Gasteiger partial charge in [0.05, 0.1) is 23.2 Å². The molecule has 0 amide bonds. The van der Waals surface area contributed by atoms with Gasteiger partial charge < -0.3 is 14.2 Å². The van der Waals surface area contributed by atoms with E-state index in [1.807, 2.05) is 0 Å². The van der Waals surface area contributed by atoms with Gasteiger partial charge in [0.1, 0.15) is 0 Å². The molecule has 1 aromatic rings. The summed E-state index contributed by atoms with van der Waals surface area (Å²) >= 11 is 0. The van der Waals surface area contributed by atoms with Crippen LogP contribution in [0, 0.1) is 10.1 Å². The van der Waals surface area contributed by atoms with E-state index in [0.29, 0.717) is 11.5 Å². The van der Waals surface area contributed by atoms with E-state index in [1.165, 1.54) is 18.2 Å². The van der Waals surface area contributed by atoms with E-state index in [2.05, 4.69) is 0 Å². The van der Waals surface area contributed by atoms with Crippen molar-refractivity contribution in [2.24, 2.45) is 0 Å². The maximum atomic E-state index is 11.2. The lowest BCUT2D eigenvalue weighted by molar-refractivity contribution is -0.385. The number of carbonyl (C=O) groups excluding carboxylic acids is 1. The second-order valence-electron chi connectivity index (χ2n) is 3.61. The van der Waals surface area contributed by atoms with Crippen molar-refractivity contribution in [1.82, 2.24) is 0 Å². The van der Waals surface area contributed by atoms with Crippen LogP contribution < -0.4 is 9.47 Å². The summed E-state index contributed by atoms with van der Waals surface area (Å²) in [5.74, 6) is 0.170. The SMILES string of the molecule is CCOC(=O)C=Cc1cc2c(cc1[N+](=O)[O-])OCO2. The number of benzene rings is 1. The summed E-state index contributed by atoms with van der Waals surface area (Å²) in [5.41, 5.74) is 0.0899. The molecule has 0 bridgehead atoms. The lowest BCUT2D eigenvalue weighted by Crippen LogP contribution is -1.99. The lowest BCUT2D eigenvalue weighted by Gasteiger charge is -2.01. The third-order valence-corrected chi connectivity index (χ3v) is 2.40. The lowest BCUT2D eigenvalue weighted by atomic mass is 10.1. The molecule has 0 saturated carbocycles. The van der Waals surface area contributed by atoms with Crippen molar-refractivity contribution in [1.29, 1.82) is 0 Å². The summed E-state index contributed by atoms with van der Waals surface area (Å²) in [6.45, 7) is 1.94. The zero-order chi connectivity index (χ0) is 13.8. The van der Waals surface area contributed by atoms with Crippen molar-refractivity contribution < 1.29 is 23.9 Å². The van der Waals surface area contributed by atoms with E-state index < -0.39 is 10.9 Å². The first-order valence-corrected chi connectivity index (χ1v) is 5.54. The topological polar surface area (TPSA) is 87.9 Å². The highest BCUT2D eigenvalue weighted by molar-refractivity contribution is 5.88. The van der Waals surface area contributed by atoms with Gasteiger partial charge in [0.2, 0.25) is 6.79 Å². The fourth-order valence-electron chi connectivity index (χ4n) is 1.59. The average molecular weight is 265 g/mol. The van der Waals surface area contributed by atoms with Gasteiger partial charge >= 0.3 is 5.97 Å². The van der Waals surface area contributed by atoms with E-state index in [4.69, 9.17) is 14.2 Å². The molecule has 100 valence electrons. The van der Waals surface area contributed by atoms with Gasteiger partial charge in [-0.15, -0.1) is 0 Å². The van der Waals surface area contributed by atoms with Gasteiger partial charge in [-0.25, -0.2) is 4.79 Å². The fourth-order valence-corrected chi connectivity index (χ4v) is 1.59.